The van der Waals surface area contributed by atoms with Gasteiger partial charge in [0.1, 0.15) is 0 Å². The van der Waals surface area contributed by atoms with E-state index in [0.717, 1.165) is 6.54 Å². The van der Waals surface area contributed by atoms with Crippen molar-refractivity contribution >= 4 is 5.91 Å². The molecule has 0 fully saturated rings. The van der Waals surface area contributed by atoms with Crippen molar-refractivity contribution in [3.63, 3.8) is 0 Å². The Hall–Kier alpha value is -0.530. The van der Waals surface area contributed by atoms with Gasteiger partial charge in [0.25, 0.3) is 0 Å². The SMILES string of the molecule is CC.CCN(C(C)=O)C(C)C(C)C. The molecular formula is C11H25NO. The van der Waals surface area contributed by atoms with Crippen molar-refractivity contribution in [2.75, 3.05) is 6.54 Å². The van der Waals surface area contributed by atoms with Crippen LogP contribution in [-0.4, -0.2) is 23.4 Å². The number of amides is 1. The van der Waals surface area contributed by atoms with Gasteiger partial charge in [0, 0.05) is 19.5 Å². The minimum atomic E-state index is 0.175. The number of carbonyl (C=O) groups is 1. The molecule has 0 aliphatic carbocycles. The highest BCUT2D eigenvalue weighted by molar-refractivity contribution is 5.73. The van der Waals surface area contributed by atoms with Gasteiger partial charge in [0.2, 0.25) is 5.91 Å². The molecule has 0 rings (SSSR count). The number of nitrogens with zero attached hydrogens (tertiary/aromatic N) is 1. The quantitative estimate of drug-likeness (QED) is 0.665. The molecule has 13 heavy (non-hydrogen) atoms. The molecule has 80 valence electrons. The van der Waals surface area contributed by atoms with Crippen molar-refractivity contribution in [1.82, 2.24) is 4.90 Å². The Bertz CT molecular complexity index is 132. The molecule has 1 atom stereocenters. The van der Waals surface area contributed by atoms with E-state index in [1.54, 1.807) is 6.92 Å². The maximum Gasteiger partial charge on any atom is 0.219 e. The van der Waals surface area contributed by atoms with Gasteiger partial charge in [-0.1, -0.05) is 27.7 Å². The molecule has 1 amide bonds. The molecule has 0 aliphatic heterocycles. The van der Waals surface area contributed by atoms with Gasteiger partial charge in [-0.2, -0.15) is 0 Å². The van der Waals surface area contributed by atoms with Gasteiger partial charge in [-0.3, -0.25) is 4.79 Å². The summed E-state index contributed by atoms with van der Waals surface area (Å²) in [6, 6.07) is 0.359. The largest absolute Gasteiger partial charge is 0.340 e. The molecule has 0 saturated carbocycles. The first-order valence-electron chi connectivity index (χ1n) is 5.27. The highest BCUT2D eigenvalue weighted by Gasteiger charge is 2.16. The molecule has 0 aliphatic rings. The standard InChI is InChI=1S/C9H19NO.C2H6/c1-6-10(9(5)11)8(4)7(2)3;1-2/h7-8H,6H2,1-5H3;1-2H3. The lowest BCUT2D eigenvalue weighted by Crippen LogP contribution is -2.39. The summed E-state index contributed by atoms with van der Waals surface area (Å²) in [6.45, 7) is 14.8. The molecule has 0 aromatic carbocycles. The van der Waals surface area contributed by atoms with Crippen molar-refractivity contribution in [1.29, 1.82) is 0 Å². The van der Waals surface area contributed by atoms with E-state index < -0.39 is 0 Å². The maximum atomic E-state index is 11.0. The van der Waals surface area contributed by atoms with Crippen LogP contribution in [0.15, 0.2) is 0 Å². The van der Waals surface area contributed by atoms with Gasteiger partial charge in [-0.25, -0.2) is 0 Å². The van der Waals surface area contributed by atoms with E-state index in [0.29, 0.717) is 12.0 Å². The highest BCUT2D eigenvalue weighted by atomic mass is 16.2. The Morgan fingerprint density at radius 2 is 1.62 bits per heavy atom. The zero-order chi connectivity index (χ0) is 11.0. The molecule has 0 aromatic rings. The van der Waals surface area contributed by atoms with Crippen LogP contribution in [0, 0.1) is 5.92 Å². The minimum absolute atomic E-state index is 0.175. The summed E-state index contributed by atoms with van der Waals surface area (Å²) >= 11 is 0. The normalized spacial score (nSPS) is 11.7. The second-order valence-corrected chi connectivity index (χ2v) is 3.29. The lowest BCUT2D eigenvalue weighted by atomic mass is 10.0. The Balaban J connectivity index is 0. The van der Waals surface area contributed by atoms with Gasteiger partial charge >= 0.3 is 0 Å². The Morgan fingerprint density at radius 3 is 1.69 bits per heavy atom. The van der Waals surface area contributed by atoms with Crippen LogP contribution in [-0.2, 0) is 4.79 Å². The fourth-order valence-corrected chi connectivity index (χ4v) is 1.16. The summed E-state index contributed by atoms with van der Waals surface area (Å²) in [5.74, 6) is 0.715. The summed E-state index contributed by atoms with van der Waals surface area (Å²) in [4.78, 5) is 12.9. The van der Waals surface area contributed by atoms with Crippen LogP contribution in [0.1, 0.15) is 48.5 Å². The van der Waals surface area contributed by atoms with Crippen LogP contribution in [0.4, 0.5) is 0 Å². The highest BCUT2D eigenvalue weighted by Crippen LogP contribution is 2.09. The van der Waals surface area contributed by atoms with E-state index in [1.165, 1.54) is 0 Å². The molecule has 0 saturated heterocycles. The first-order valence-corrected chi connectivity index (χ1v) is 5.27. The number of rotatable bonds is 3. The van der Waals surface area contributed by atoms with Gasteiger partial charge in [-0.15, -0.1) is 0 Å². The second-order valence-electron chi connectivity index (χ2n) is 3.29. The van der Waals surface area contributed by atoms with Gasteiger partial charge < -0.3 is 4.90 Å². The molecule has 2 heteroatoms. The summed E-state index contributed by atoms with van der Waals surface area (Å²) in [7, 11) is 0. The monoisotopic (exact) mass is 187 g/mol. The lowest BCUT2D eigenvalue weighted by Gasteiger charge is -2.29. The van der Waals surface area contributed by atoms with Crippen molar-refractivity contribution in [3.05, 3.63) is 0 Å². The van der Waals surface area contributed by atoms with E-state index in [9.17, 15) is 4.79 Å². The fraction of sp³-hybridized carbons (Fsp3) is 0.909. The van der Waals surface area contributed by atoms with Crippen molar-refractivity contribution < 1.29 is 4.79 Å². The summed E-state index contributed by atoms with van der Waals surface area (Å²) in [5.41, 5.74) is 0. The zero-order valence-electron chi connectivity index (χ0n) is 10.2. The summed E-state index contributed by atoms with van der Waals surface area (Å²) in [6.07, 6.45) is 0. The van der Waals surface area contributed by atoms with Gasteiger partial charge in [0.05, 0.1) is 0 Å². The van der Waals surface area contributed by atoms with Crippen LogP contribution in [0.2, 0.25) is 0 Å². The molecule has 2 nitrogen and oxygen atoms in total. The van der Waals surface area contributed by atoms with Crippen LogP contribution >= 0.6 is 0 Å². The maximum absolute atomic E-state index is 11.0. The zero-order valence-corrected chi connectivity index (χ0v) is 10.2. The molecular weight excluding hydrogens is 162 g/mol. The summed E-state index contributed by atoms with van der Waals surface area (Å²) in [5, 5.41) is 0. The van der Waals surface area contributed by atoms with Crippen LogP contribution < -0.4 is 0 Å². The van der Waals surface area contributed by atoms with Crippen molar-refractivity contribution in [2.45, 2.75) is 54.5 Å². The third-order valence-electron chi connectivity index (χ3n) is 2.20. The lowest BCUT2D eigenvalue weighted by molar-refractivity contribution is -0.131. The topological polar surface area (TPSA) is 20.3 Å². The molecule has 0 heterocycles. The molecule has 0 radical (unpaired) electrons. The first-order chi connectivity index (χ1) is 6.00. The third kappa shape index (κ3) is 5.67. The second kappa shape index (κ2) is 8.09. The predicted molar refractivity (Wildman–Crippen MR) is 58.7 cm³/mol. The number of carbonyl (C=O) groups excluding carboxylic acids is 1. The molecule has 0 aromatic heterocycles. The van der Waals surface area contributed by atoms with Crippen LogP contribution in [0.3, 0.4) is 0 Å². The van der Waals surface area contributed by atoms with Crippen LogP contribution in [0.5, 0.6) is 0 Å². The molecule has 0 bridgehead atoms. The Morgan fingerprint density at radius 1 is 1.23 bits per heavy atom. The van der Waals surface area contributed by atoms with E-state index in [4.69, 9.17) is 0 Å². The van der Waals surface area contributed by atoms with Crippen molar-refractivity contribution in [2.24, 2.45) is 5.92 Å². The van der Waals surface area contributed by atoms with E-state index in [1.807, 2.05) is 25.7 Å². The van der Waals surface area contributed by atoms with Gasteiger partial charge in [-0.05, 0) is 19.8 Å². The molecule has 0 N–H and O–H groups in total. The fourth-order valence-electron chi connectivity index (χ4n) is 1.16. The average Bonchev–Trinajstić information content (AvgIpc) is 2.08. The average molecular weight is 187 g/mol. The predicted octanol–water partition coefficient (Wildman–Crippen LogP) is 2.93. The number of hydrogen-bond donors (Lipinski definition) is 0. The Kier molecular flexibility index (Phi) is 9.31. The Labute approximate surface area is 83.3 Å². The minimum Gasteiger partial charge on any atom is -0.340 e. The first kappa shape index (κ1) is 15.0. The molecule has 1 unspecified atom stereocenters. The molecule has 0 spiro atoms. The summed E-state index contributed by atoms with van der Waals surface area (Å²) < 4.78 is 0. The van der Waals surface area contributed by atoms with Crippen molar-refractivity contribution in [3.8, 4) is 0 Å². The van der Waals surface area contributed by atoms with E-state index in [2.05, 4.69) is 20.8 Å². The van der Waals surface area contributed by atoms with E-state index >= 15 is 0 Å². The van der Waals surface area contributed by atoms with Gasteiger partial charge in [0.15, 0.2) is 0 Å². The van der Waals surface area contributed by atoms with Crippen LogP contribution in [0.25, 0.3) is 0 Å². The third-order valence-corrected chi connectivity index (χ3v) is 2.20. The number of hydrogen-bond acceptors (Lipinski definition) is 1. The van der Waals surface area contributed by atoms with E-state index in [-0.39, 0.29) is 5.91 Å². The smallest absolute Gasteiger partial charge is 0.219 e.